The molecule has 0 aromatic rings. The average molecular weight is 270 g/mol. The molecule has 2 N–H and O–H groups in total. The van der Waals surface area contributed by atoms with Gasteiger partial charge in [0.2, 0.25) is 11.8 Å². The number of carboxylic acid groups (broad SMARTS) is 1. The number of aliphatic carboxylic acids is 1. The second-order valence-electron chi connectivity index (χ2n) is 3.54. The van der Waals surface area contributed by atoms with Crippen molar-refractivity contribution in [1.82, 2.24) is 10.2 Å². The summed E-state index contributed by atoms with van der Waals surface area (Å²) in [5.41, 5.74) is 0. The molecular formula is C9H13F3N2O4. The number of likely N-dealkylation sites (N-methyl/N-ethyl adjacent to an activating group) is 1. The second kappa shape index (κ2) is 6.82. The van der Waals surface area contributed by atoms with Crippen molar-refractivity contribution in [2.24, 2.45) is 0 Å². The van der Waals surface area contributed by atoms with Crippen LogP contribution in [0.3, 0.4) is 0 Å². The zero-order valence-electron chi connectivity index (χ0n) is 9.58. The maximum atomic E-state index is 11.8. The molecule has 2 amide bonds. The van der Waals surface area contributed by atoms with Gasteiger partial charge in [-0.25, -0.2) is 0 Å². The lowest BCUT2D eigenvalue weighted by molar-refractivity contribution is -0.143. The van der Waals surface area contributed by atoms with E-state index in [-0.39, 0.29) is 6.42 Å². The molecular weight excluding hydrogens is 257 g/mol. The van der Waals surface area contributed by atoms with E-state index in [9.17, 15) is 27.6 Å². The lowest BCUT2D eigenvalue weighted by Gasteiger charge is -2.16. The lowest BCUT2D eigenvalue weighted by Crippen LogP contribution is -2.41. The third-order valence-corrected chi connectivity index (χ3v) is 1.85. The number of carbonyl (C=O) groups is 3. The Balaban J connectivity index is 3.99. The van der Waals surface area contributed by atoms with E-state index in [0.717, 1.165) is 4.90 Å². The Morgan fingerprint density at radius 3 is 2.22 bits per heavy atom. The molecule has 0 aromatic carbocycles. The molecule has 0 aliphatic carbocycles. The molecule has 0 unspecified atom stereocenters. The summed E-state index contributed by atoms with van der Waals surface area (Å²) in [5, 5.41) is 9.92. The van der Waals surface area contributed by atoms with Crippen LogP contribution in [0.4, 0.5) is 13.2 Å². The number of carboxylic acids is 1. The van der Waals surface area contributed by atoms with Gasteiger partial charge in [-0.2, -0.15) is 13.2 Å². The molecule has 6 nitrogen and oxygen atoms in total. The summed E-state index contributed by atoms with van der Waals surface area (Å²) in [6, 6.07) is 0. The van der Waals surface area contributed by atoms with Crippen LogP contribution in [0.5, 0.6) is 0 Å². The molecule has 0 rings (SSSR count). The van der Waals surface area contributed by atoms with E-state index in [2.05, 4.69) is 0 Å². The first kappa shape index (κ1) is 16.2. The molecule has 0 saturated heterocycles. The number of hydrogen-bond donors (Lipinski definition) is 2. The Kier molecular flexibility index (Phi) is 6.14. The van der Waals surface area contributed by atoms with Gasteiger partial charge < -0.3 is 15.3 Å². The fourth-order valence-electron chi connectivity index (χ4n) is 0.963. The van der Waals surface area contributed by atoms with Crippen LogP contribution in [0, 0.1) is 0 Å². The van der Waals surface area contributed by atoms with Gasteiger partial charge >= 0.3 is 12.1 Å². The highest BCUT2D eigenvalue weighted by molar-refractivity contribution is 5.86. The summed E-state index contributed by atoms with van der Waals surface area (Å²) < 4.78 is 35.3. The van der Waals surface area contributed by atoms with Crippen molar-refractivity contribution in [2.45, 2.75) is 19.0 Å². The minimum atomic E-state index is -4.51. The highest BCUT2D eigenvalue weighted by Gasteiger charge is 2.28. The summed E-state index contributed by atoms with van der Waals surface area (Å²) in [6.45, 7) is -2.02. The quantitative estimate of drug-likeness (QED) is 0.710. The number of carbonyl (C=O) groups excluding carboxylic acids is 2. The van der Waals surface area contributed by atoms with E-state index >= 15 is 0 Å². The predicted octanol–water partition coefficient (Wildman–Crippen LogP) is -0.0119. The summed E-state index contributed by atoms with van der Waals surface area (Å²) >= 11 is 0. The fraction of sp³-hybridized carbons (Fsp3) is 0.667. The summed E-state index contributed by atoms with van der Waals surface area (Å²) in [7, 11) is 1.21. The molecule has 0 spiro atoms. The van der Waals surface area contributed by atoms with Crippen LogP contribution in [0.25, 0.3) is 0 Å². The number of nitrogens with zero attached hydrogens (tertiary/aromatic N) is 1. The van der Waals surface area contributed by atoms with Gasteiger partial charge in [0.05, 0.1) is 13.0 Å². The van der Waals surface area contributed by atoms with E-state index < -0.39 is 43.5 Å². The predicted molar refractivity (Wildman–Crippen MR) is 53.6 cm³/mol. The Hall–Kier alpha value is -1.80. The molecule has 0 heterocycles. The standard InChI is InChI=1S/C9H13F3N2O4/c1-14(7(16)2-3-8(17)18)4-6(15)13-5-9(10,11)12/h2-5H2,1H3,(H,13,15)(H,17,18). The van der Waals surface area contributed by atoms with Crippen LogP contribution in [-0.4, -0.2) is 54.1 Å². The highest BCUT2D eigenvalue weighted by Crippen LogP contribution is 2.11. The smallest absolute Gasteiger partial charge is 0.405 e. The first-order valence-electron chi connectivity index (χ1n) is 4.91. The molecule has 0 bridgehead atoms. The van der Waals surface area contributed by atoms with Gasteiger partial charge in [0.1, 0.15) is 6.54 Å². The molecule has 0 atom stereocenters. The molecule has 18 heavy (non-hydrogen) atoms. The third-order valence-electron chi connectivity index (χ3n) is 1.85. The minimum Gasteiger partial charge on any atom is -0.481 e. The second-order valence-corrected chi connectivity index (χ2v) is 3.54. The van der Waals surface area contributed by atoms with Gasteiger partial charge in [-0.1, -0.05) is 0 Å². The van der Waals surface area contributed by atoms with Crippen LogP contribution in [0.1, 0.15) is 12.8 Å². The Bertz CT molecular complexity index is 330. The van der Waals surface area contributed by atoms with Crippen LogP contribution < -0.4 is 5.32 Å². The van der Waals surface area contributed by atoms with E-state index in [1.807, 2.05) is 0 Å². The van der Waals surface area contributed by atoms with Crippen molar-refractivity contribution in [3.8, 4) is 0 Å². The molecule has 0 aliphatic rings. The van der Waals surface area contributed by atoms with Crippen molar-refractivity contribution in [2.75, 3.05) is 20.1 Å². The van der Waals surface area contributed by atoms with Crippen LogP contribution in [-0.2, 0) is 14.4 Å². The van der Waals surface area contributed by atoms with E-state index in [1.54, 1.807) is 5.32 Å². The van der Waals surface area contributed by atoms with E-state index in [0.29, 0.717) is 0 Å². The molecule has 0 fully saturated rings. The Labute approximate surface area is 101 Å². The van der Waals surface area contributed by atoms with Crippen molar-refractivity contribution >= 4 is 17.8 Å². The number of halogens is 3. The van der Waals surface area contributed by atoms with Crippen LogP contribution >= 0.6 is 0 Å². The van der Waals surface area contributed by atoms with Crippen molar-refractivity contribution < 1.29 is 32.7 Å². The van der Waals surface area contributed by atoms with Gasteiger partial charge in [-0.05, 0) is 0 Å². The normalized spacial score (nSPS) is 10.9. The lowest BCUT2D eigenvalue weighted by atomic mass is 10.3. The zero-order valence-corrected chi connectivity index (χ0v) is 9.58. The van der Waals surface area contributed by atoms with Crippen molar-refractivity contribution in [3.05, 3.63) is 0 Å². The Morgan fingerprint density at radius 1 is 1.22 bits per heavy atom. The number of hydrogen-bond acceptors (Lipinski definition) is 3. The van der Waals surface area contributed by atoms with Gasteiger partial charge in [0.15, 0.2) is 0 Å². The fourth-order valence-corrected chi connectivity index (χ4v) is 0.963. The number of nitrogens with one attached hydrogen (secondary N) is 1. The number of rotatable bonds is 6. The van der Waals surface area contributed by atoms with E-state index in [1.165, 1.54) is 7.05 Å². The molecule has 9 heteroatoms. The first-order chi connectivity index (χ1) is 8.11. The van der Waals surface area contributed by atoms with Gasteiger partial charge in [-0.15, -0.1) is 0 Å². The SMILES string of the molecule is CN(CC(=O)NCC(F)(F)F)C(=O)CCC(=O)O. The molecule has 0 aromatic heterocycles. The van der Waals surface area contributed by atoms with Crippen molar-refractivity contribution in [3.63, 3.8) is 0 Å². The molecule has 104 valence electrons. The highest BCUT2D eigenvalue weighted by atomic mass is 19.4. The largest absolute Gasteiger partial charge is 0.481 e. The van der Waals surface area contributed by atoms with Crippen molar-refractivity contribution in [1.29, 1.82) is 0 Å². The average Bonchev–Trinajstić information content (AvgIpc) is 2.21. The zero-order chi connectivity index (χ0) is 14.3. The molecule has 0 aliphatic heterocycles. The number of amides is 2. The van der Waals surface area contributed by atoms with E-state index in [4.69, 9.17) is 5.11 Å². The summed E-state index contributed by atoms with van der Waals surface area (Å²) in [4.78, 5) is 33.3. The van der Waals surface area contributed by atoms with Gasteiger partial charge in [0.25, 0.3) is 0 Å². The van der Waals surface area contributed by atoms with Gasteiger partial charge in [0, 0.05) is 13.5 Å². The molecule has 0 saturated carbocycles. The molecule has 0 radical (unpaired) electrons. The minimum absolute atomic E-state index is 0.307. The number of alkyl halides is 3. The van der Waals surface area contributed by atoms with Gasteiger partial charge in [-0.3, -0.25) is 14.4 Å². The van der Waals surface area contributed by atoms with Crippen LogP contribution in [0.15, 0.2) is 0 Å². The summed E-state index contributed by atoms with van der Waals surface area (Å²) in [6.07, 6.45) is -5.22. The topological polar surface area (TPSA) is 86.7 Å². The third kappa shape index (κ3) is 8.36. The maximum absolute atomic E-state index is 11.8. The Morgan fingerprint density at radius 2 is 1.78 bits per heavy atom. The van der Waals surface area contributed by atoms with Crippen LogP contribution in [0.2, 0.25) is 0 Å². The monoisotopic (exact) mass is 270 g/mol. The maximum Gasteiger partial charge on any atom is 0.405 e. The summed E-state index contributed by atoms with van der Waals surface area (Å²) in [5.74, 6) is -2.75. The first-order valence-corrected chi connectivity index (χ1v) is 4.91.